The molecule has 0 bridgehead atoms. The Kier molecular flexibility index (Phi) is 3.12. The van der Waals surface area contributed by atoms with E-state index in [2.05, 4.69) is 15.1 Å². The molecule has 0 amide bonds. The van der Waals surface area contributed by atoms with E-state index in [9.17, 15) is 0 Å². The van der Waals surface area contributed by atoms with Crippen LogP contribution in [0.1, 0.15) is 30.9 Å². The number of hydrogen-bond acceptors (Lipinski definition) is 5. The molecular formula is C11H12N6. The van der Waals surface area contributed by atoms with E-state index in [1.807, 2.05) is 25.1 Å². The monoisotopic (exact) mass is 228 g/mol. The highest BCUT2D eigenvalue weighted by molar-refractivity contribution is 5.29. The first-order chi connectivity index (χ1) is 8.24. The third-order valence-electron chi connectivity index (χ3n) is 2.45. The van der Waals surface area contributed by atoms with Crippen molar-refractivity contribution >= 4 is 0 Å². The summed E-state index contributed by atoms with van der Waals surface area (Å²) in [5.74, 6) is 0.138. The van der Waals surface area contributed by atoms with Gasteiger partial charge in [0.25, 0.3) is 5.82 Å². The smallest absolute Gasteiger partial charge is 0.252 e. The van der Waals surface area contributed by atoms with E-state index in [-0.39, 0.29) is 11.9 Å². The van der Waals surface area contributed by atoms with Crippen LogP contribution in [0.5, 0.6) is 0 Å². The summed E-state index contributed by atoms with van der Waals surface area (Å²) in [4.78, 5) is 8.09. The van der Waals surface area contributed by atoms with E-state index in [1.54, 1.807) is 6.20 Å². The summed E-state index contributed by atoms with van der Waals surface area (Å²) in [6.45, 7) is 2.01. The number of pyridine rings is 1. The molecule has 0 saturated heterocycles. The highest BCUT2D eigenvalue weighted by atomic mass is 15.3. The number of rotatable bonds is 3. The predicted octanol–water partition coefficient (Wildman–Crippen LogP) is 0.944. The number of hydrogen-bond donors (Lipinski definition) is 1. The van der Waals surface area contributed by atoms with E-state index in [1.165, 1.54) is 11.0 Å². The van der Waals surface area contributed by atoms with Gasteiger partial charge in [-0.2, -0.15) is 5.26 Å². The Morgan fingerprint density at radius 1 is 1.47 bits per heavy atom. The van der Waals surface area contributed by atoms with Crippen LogP contribution < -0.4 is 5.73 Å². The van der Waals surface area contributed by atoms with Crippen molar-refractivity contribution in [3.8, 4) is 11.8 Å². The molecular weight excluding hydrogens is 216 g/mol. The fourth-order valence-corrected chi connectivity index (χ4v) is 1.40. The quantitative estimate of drug-likeness (QED) is 0.843. The minimum atomic E-state index is -0.0468. The average Bonchev–Trinajstić information content (AvgIpc) is 2.87. The number of nitrogens with zero attached hydrogens (tertiary/aromatic N) is 5. The van der Waals surface area contributed by atoms with E-state index in [4.69, 9.17) is 11.0 Å². The Bertz CT molecular complexity index is 536. The number of nitrogens with two attached hydrogens (primary N) is 1. The second-order valence-electron chi connectivity index (χ2n) is 3.58. The largest absolute Gasteiger partial charge is 0.323 e. The maximum atomic E-state index is 8.63. The Morgan fingerprint density at radius 2 is 2.29 bits per heavy atom. The lowest BCUT2D eigenvalue weighted by atomic mass is 10.1. The molecule has 0 spiro atoms. The summed E-state index contributed by atoms with van der Waals surface area (Å²) < 4.78 is 1.51. The molecule has 0 aromatic carbocycles. The van der Waals surface area contributed by atoms with Crippen molar-refractivity contribution in [1.29, 1.82) is 5.26 Å². The van der Waals surface area contributed by atoms with Crippen molar-refractivity contribution in [3.63, 3.8) is 0 Å². The molecule has 17 heavy (non-hydrogen) atoms. The van der Waals surface area contributed by atoms with E-state index < -0.39 is 0 Å². The summed E-state index contributed by atoms with van der Waals surface area (Å²) in [6.07, 6.45) is 3.99. The van der Waals surface area contributed by atoms with Gasteiger partial charge in [0.2, 0.25) is 0 Å². The molecule has 0 aliphatic carbocycles. The van der Waals surface area contributed by atoms with Crippen LogP contribution in [0.4, 0.5) is 0 Å². The van der Waals surface area contributed by atoms with Crippen molar-refractivity contribution in [3.05, 3.63) is 36.2 Å². The topological polar surface area (TPSA) is 93.4 Å². The van der Waals surface area contributed by atoms with E-state index in [0.717, 1.165) is 17.8 Å². The van der Waals surface area contributed by atoms with Crippen molar-refractivity contribution < 1.29 is 0 Å². The molecule has 0 aliphatic heterocycles. The lowest BCUT2D eigenvalue weighted by Gasteiger charge is -2.08. The summed E-state index contributed by atoms with van der Waals surface area (Å²) in [5.41, 5.74) is 7.47. The molecule has 2 N–H and O–H groups in total. The van der Waals surface area contributed by atoms with Crippen molar-refractivity contribution in [2.75, 3.05) is 0 Å². The van der Waals surface area contributed by atoms with Gasteiger partial charge in [0, 0.05) is 6.04 Å². The van der Waals surface area contributed by atoms with Gasteiger partial charge in [-0.15, -0.1) is 5.10 Å². The first-order valence-electron chi connectivity index (χ1n) is 5.28. The molecule has 1 atom stereocenters. The van der Waals surface area contributed by atoms with Gasteiger partial charge in [-0.25, -0.2) is 9.67 Å². The second kappa shape index (κ2) is 4.72. The van der Waals surface area contributed by atoms with Gasteiger partial charge < -0.3 is 5.73 Å². The zero-order valence-electron chi connectivity index (χ0n) is 9.41. The summed E-state index contributed by atoms with van der Waals surface area (Å²) in [5, 5.41) is 12.6. The van der Waals surface area contributed by atoms with Crippen LogP contribution >= 0.6 is 0 Å². The Morgan fingerprint density at radius 3 is 2.82 bits per heavy atom. The van der Waals surface area contributed by atoms with Gasteiger partial charge in [-0.05, 0) is 18.6 Å². The highest BCUT2D eigenvalue weighted by Gasteiger charge is 2.06. The van der Waals surface area contributed by atoms with Gasteiger partial charge in [-0.1, -0.05) is 6.92 Å². The highest BCUT2D eigenvalue weighted by Crippen LogP contribution is 2.12. The van der Waals surface area contributed by atoms with Crippen LogP contribution in [-0.2, 0) is 0 Å². The molecule has 2 rings (SSSR count). The Hall–Kier alpha value is -2.26. The summed E-state index contributed by atoms with van der Waals surface area (Å²) in [6, 6.07) is 5.54. The summed E-state index contributed by atoms with van der Waals surface area (Å²) in [7, 11) is 0. The third-order valence-corrected chi connectivity index (χ3v) is 2.45. The maximum absolute atomic E-state index is 8.63. The minimum Gasteiger partial charge on any atom is -0.323 e. The van der Waals surface area contributed by atoms with Gasteiger partial charge in [0.15, 0.2) is 0 Å². The van der Waals surface area contributed by atoms with Gasteiger partial charge >= 0.3 is 0 Å². The molecule has 1 unspecified atom stereocenters. The van der Waals surface area contributed by atoms with Crippen molar-refractivity contribution in [1.82, 2.24) is 19.7 Å². The molecule has 0 fully saturated rings. The van der Waals surface area contributed by atoms with Gasteiger partial charge in [0.1, 0.15) is 12.4 Å². The lowest BCUT2D eigenvalue weighted by molar-refractivity contribution is 0.674. The molecule has 0 radical (unpaired) electrons. The Balaban J connectivity index is 2.26. The van der Waals surface area contributed by atoms with Crippen LogP contribution in [0.3, 0.4) is 0 Å². The fourth-order valence-electron chi connectivity index (χ4n) is 1.40. The molecule has 6 nitrogen and oxygen atoms in total. The van der Waals surface area contributed by atoms with E-state index in [0.29, 0.717) is 0 Å². The molecule has 0 saturated carbocycles. The third kappa shape index (κ3) is 2.29. The molecule has 2 aromatic rings. The first-order valence-corrected chi connectivity index (χ1v) is 5.28. The molecule has 2 aromatic heterocycles. The van der Waals surface area contributed by atoms with Crippen molar-refractivity contribution in [2.24, 2.45) is 5.73 Å². The number of aromatic nitrogens is 4. The SMILES string of the molecule is CCC(N)c1ccc(-n2cnc(C#N)n2)cn1. The molecule has 0 aliphatic rings. The van der Waals surface area contributed by atoms with Crippen LogP contribution in [0.15, 0.2) is 24.7 Å². The lowest BCUT2D eigenvalue weighted by Crippen LogP contribution is -2.10. The van der Waals surface area contributed by atoms with Gasteiger partial charge in [-0.3, -0.25) is 4.98 Å². The van der Waals surface area contributed by atoms with Crippen molar-refractivity contribution in [2.45, 2.75) is 19.4 Å². The number of nitriles is 1. The van der Waals surface area contributed by atoms with Crippen LogP contribution in [0.2, 0.25) is 0 Å². The normalized spacial score (nSPS) is 12.1. The van der Waals surface area contributed by atoms with Crippen LogP contribution in [0.25, 0.3) is 5.69 Å². The standard InChI is InChI=1S/C11H12N6/c1-2-9(13)10-4-3-8(6-14-10)17-7-15-11(5-12)16-17/h3-4,6-7,9H,2,13H2,1H3. The summed E-state index contributed by atoms with van der Waals surface area (Å²) >= 11 is 0. The van der Waals surface area contributed by atoms with Gasteiger partial charge in [0.05, 0.1) is 17.6 Å². The zero-order chi connectivity index (χ0) is 12.3. The minimum absolute atomic E-state index is 0.0468. The van der Waals surface area contributed by atoms with E-state index >= 15 is 0 Å². The molecule has 2 heterocycles. The molecule has 86 valence electrons. The second-order valence-corrected chi connectivity index (χ2v) is 3.58. The fraction of sp³-hybridized carbons (Fsp3) is 0.273. The predicted molar refractivity (Wildman–Crippen MR) is 61.1 cm³/mol. The van der Waals surface area contributed by atoms with Crippen LogP contribution in [-0.4, -0.2) is 19.7 Å². The first kappa shape index (κ1) is 11.2. The Labute approximate surface area is 98.7 Å². The zero-order valence-corrected chi connectivity index (χ0v) is 9.41. The average molecular weight is 228 g/mol. The van der Waals surface area contributed by atoms with Crippen LogP contribution in [0, 0.1) is 11.3 Å². The molecule has 6 heteroatoms. The maximum Gasteiger partial charge on any atom is 0.252 e.